The van der Waals surface area contributed by atoms with Crippen LogP contribution in [0.15, 0.2) is 115 Å². The van der Waals surface area contributed by atoms with Gasteiger partial charge in [-0.1, -0.05) is 115 Å². The van der Waals surface area contributed by atoms with Gasteiger partial charge in [-0.25, -0.2) is 15.0 Å². The van der Waals surface area contributed by atoms with Crippen molar-refractivity contribution in [3.63, 3.8) is 0 Å². The van der Waals surface area contributed by atoms with Crippen LogP contribution >= 0.6 is 0 Å². The lowest BCUT2D eigenvalue weighted by atomic mass is 9.99. The number of benzene rings is 4. The number of hydrogen-bond donors (Lipinski definition) is 0. The van der Waals surface area contributed by atoms with Crippen molar-refractivity contribution in [1.82, 2.24) is 15.0 Å². The first-order valence-corrected chi connectivity index (χ1v) is 9.90. The van der Waals surface area contributed by atoms with E-state index in [1.54, 1.807) is 0 Å². The summed E-state index contributed by atoms with van der Waals surface area (Å²) in [5.41, 5.74) is 5.16. The molecule has 0 bridgehead atoms. The Morgan fingerprint density at radius 2 is 0.667 bits per heavy atom. The molecular formula is C27H19N3. The molecule has 3 nitrogen and oxygen atoms in total. The molecule has 30 heavy (non-hydrogen) atoms. The predicted molar refractivity (Wildman–Crippen MR) is 122 cm³/mol. The van der Waals surface area contributed by atoms with Crippen LogP contribution in [0.2, 0.25) is 0 Å². The molecule has 0 radical (unpaired) electrons. The fourth-order valence-electron chi connectivity index (χ4n) is 3.48. The number of aromatic nitrogens is 3. The van der Waals surface area contributed by atoms with Crippen molar-refractivity contribution in [3.8, 4) is 45.3 Å². The minimum absolute atomic E-state index is 0.669. The van der Waals surface area contributed by atoms with E-state index in [0.29, 0.717) is 17.5 Å². The molecule has 1 heterocycles. The second-order valence-electron chi connectivity index (χ2n) is 6.95. The molecular weight excluding hydrogens is 366 g/mol. The summed E-state index contributed by atoms with van der Waals surface area (Å²) in [7, 11) is 0. The van der Waals surface area contributed by atoms with Gasteiger partial charge in [-0.15, -0.1) is 0 Å². The maximum Gasteiger partial charge on any atom is 0.164 e. The quantitative estimate of drug-likeness (QED) is 0.352. The van der Waals surface area contributed by atoms with E-state index in [2.05, 4.69) is 24.3 Å². The highest BCUT2D eigenvalue weighted by Crippen LogP contribution is 2.32. The van der Waals surface area contributed by atoms with Crippen LogP contribution < -0.4 is 0 Å². The Morgan fingerprint density at radius 3 is 1.17 bits per heavy atom. The van der Waals surface area contributed by atoms with E-state index in [0.717, 1.165) is 27.8 Å². The van der Waals surface area contributed by atoms with E-state index in [9.17, 15) is 0 Å². The average Bonchev–Trinajstić information content (AvgIpc) is 2.85. The van der Waals surface area contributed by atoms with E-state index in [1.807, 2.05) is 91.0 Å². The zero-order valence-electron chi connectivity index (χ0n) is 16.3. The zero-order valence-corrected chi connectivity index (χ0v) is 16.3. The average molecular weight is 385 g/mol. The van der Waals surface area contributed by atoms with Gasteiger partial charge in [0, 0.05) is 16.7 Å². The van der Waals surface area contributed by atoms with Gasteiger partial charge in [0.05, 0.1) is 0 Å². The zero-order chi connectivity index (χ0) is 20.2. The molecule has 0 saturated carbocycles. The van der Waals surface area contributed by atoms with Gasteiger partial charge < -0.3 is 0 Å². The topological polar surface area (TPSA) is 38.7 Å². The first-order chi connectivity index (χ1) is 14.9. The molecule has 0 spiro atoms. The fourth-order valence-corrected chi connectivity index (χ4v) is 3.48. The highest BCUT2D eigenvalue weighted by molar-refractivity contribution is 5.81. The van der Waals surface area contributed by atoms with Gasteiger partial charge in [0.25, 0.3) is 0 Å². The molecule has 5 aromatic rings. The van der Waals surface area contributed by atoms with E-state index < -0.39 is 0 Å². The van der Waals surface area contributed by atoms with Gasteiger partial charge in [-0.05, 0) is 11.1 Å². The molecule has 0 aliphatic heterocycles. The van der Waals surface area contributed by atoms with Gasteiger partial charge in [0.2, 0.25) is 0 Å². The summed E-state index contributed by atoms with van der Waals surface area (Å²) in [6.45, 7) is 0. The van der Waals surface area contributed by atoms with Crippen LogP contribution in [0.5, 0.6) is 0 Å². The molecule has 0 saturated heterocycles. The summed E-state index contributed by atoms with van der Waals surface area (Å²) in [6, 6.07) is 38.7. The Morgan fingerprint density at radius 1 is 0.300 bits per heavy atom. The van der Waals surface area contributed by atoms with E-state index >= 15 is 0 Å². The first-order valence-electron chi connectivity index (χ1n) is 9.90. The highest BCUT2D eigenvalue weighted by Gasteiger charge is 2.14. The predicted octanol–water partition coefficient (Wildman–Crippen LogP) is 6.54. The van der Waals surface area contributed by atoms with Crippen LogP contribution in [-0.2, 0) is 0 Å². The summed E-state index contributed by atoms with van der Waals surface area (Å²) < 4.78 is 0. The summed E-state index contributed by atoms with van der Waals surface area (Å²) in [5.74, 6) is 2.01. The minimum atomic E-state index is 0.669. The Kier molecular flexibility index (Phi) is 4.84. The molecule has 0 fully saturated rings. The van der Waals surface area contributed by atoms with Crippen molar-refractivity contribution in [2.75, 3.05) is 0 Å². The summed E-state index contributed by atoms with van der Waals surface area (Å²) in [6.07, 6.45) is 0. The third-order valence-electron chi connectivity index (χ3n) is 4.95. The molecule has 4 aromatic carbocycles. The van der Waals surface area contributed by atoms with Crippen molar-refractivity contribution in [3.05, 3.63) is 115 Å². The van der Waals surface area contributed by atoms with Crippen molar-refractivity contribution in [2.45, 2.75) is 0 Å². The van der Waals surface area contributed by atoms with Gasteiger partial charge >= 0.3 is 0 Å². The molecule has 3 heteroatoms. The molecule has 0 atom stereocenters. The van der Waals surface area contributed by atoms with Gasteiger partial charge in [0.1, 0.15) is 0 Å². The van der Waals surface area contributed by atoms with E-state index in [-0.39, 0.29) is 0 Å². The summed E-state index contributed by atoms with van der Waals surface area (Å²) in [4.78, 5) is 14.5. The van der Waals surface area contributed by atoms with Gasteiger partial charge in [-0.3, -0.25) is 0 Å². The Balaban J connectivity index is 1.74. The lowest BCUT2D eigenvalue weighted by Crippen LogP contribution is -2.01. The molecule has 1 aromatic heterocycles. The minimum Gasteiger partial charge on any atom is -0.208 e. The maximum atomic E-state index is 4.86. The largest absolute Gasteiger partial charge is 0.208 e. The van der Waals surface area contributed by atoms with Crippen LogP contribution in [0.1, 0.15) is 0 Å². The van der Waals surface area contributed by atoms with Crippen molar-refractivity contribution in [1.29, 1.82) is 0 Å². The van der Waals surface area contributed by atoms with Gasteiger partial charge in [-0.2, -0.15) is 0 Å². The Hall–Kier alpha value is -4.11. The Bertz CT molecular complexity index is 1210. The van der Waals surface area contributed by atoms with Gasteiger partial charge in [0.15, 0.2) is 17.5 Å². The number of hydrogen-bond acceptors (Lipinski definition) is 3. The van der Waals surface area contributed by atoms with E-state index in [1.165, 1.54) is 0 Å². The Labute approximate surface area is 175 Å². The van der Waals surface area contributed by atoms with Crippen LogP contribution in [0.25, 0.3) is 45.3 Å². The summed E-state index contributed by atoms with van der Waals surface area (Å²) in [5, 5.41) is 0. The first kappa shape index (κ1) is 18.0. The maximum absolute atomic E-state index is 4.86. The van der Waals surface area contributed by atoms with Crippen LogP contribution in [0, 0.1) is 0 Å². The second-order valence-corrected chi connectivity index (χ2v) is 6.95. The second kappa shape index (κ2) is 8.10. The van der Waals surface area contributed by atoms with Crippen LogP contribution in [0.3, 0.4) is 0 Å². The molecule has 0 aliphatic carbocycles. The highest BCUT2D eigenvalue weighted by atomic mass is 15.0. The van der Waals surface area contributed by atoms with E-state index in [4.69, 9.17) is 15.0 Å². The number of nitrogens with zero attached hydrogens (tertiary/aromatic N) is 3. The summed E-state index contributed by atoms with van der Waals surface area (Å²) >= 11 is 0. The third-order valence-corrected chi connectivity index (χ3v) is 4.95. The number of rotatable bonds is 4. The van der Waals surface area contributed by atoms with Crippen LogP contribution in [-0.4, -0.2) is 15.0 Å². The molecule has 142 valence electrons. The van der Waals surface area contributed by atoms with Crippen molar-refractivity contribution in [2.24, 2.45) is 0 Å². The van der Waals surface area contributed by atoms with Crippen LogP contribution in [0.4, 0.5) is 0 Å². The molecule has 0 unspecified atom stereocenters. The lowest BCUT2D eigenvalue weighted by Gasteiger charge is -2.12. The molecule has 0 aliphatic rings. The third kappa shape index (κ3) is 3.61. The molecule has 0 N–H and O–H groups in total. The smallest absolute Gasteiger partial charge is 0.164 e. The SMILES string of the molecule is c1ccc(-c2nc(-c3ccccc3)nc(-c3ccccc3-c3ccccc3)n2)cc1. The molecule has 5 rings (SSSR count). The standard InChI is InChI=1S/C27H19N3/c1-4-12-20(13-5-1)23-18-10-11-19-24(23)27-29-25(21-14-6-2-7-15-21)28-26(30-27)22-16-8-3-9-17-22/h1-19H. The normalized spacial score (nSPS) is 10.7. The molecule has 0 amide bonds. The van der Waals surface area contributed by atoms with Crippen molar-refractivity contribution < 1.29 is 0 Å². The fraction of sp³-hybridized carbons (Fsp3) is 0. The van der Waals surface area contributed by atoms with Crippen molar-refractivity contribution >= 4 is 0 Å². The lowest BCUT2D eigenvalue weighted by molar-refractivity contribution is 1.07. The monoisotopic (exact) mass is 385 g/mol.